The Labute approximate surface area is 124 Å². The van der Waals surface area contributed by atoms with Crippen LogP contribution in [-0.2, 0) is 0 Å². The number of aliphatic hydroxyl groups is 1. The lowest BCUT2D eigenvalue weighted by Crippen LogP contribution is -2.28. The number of aryl methyl sites for hydroxylation is 1. The van der Waals surface area contributed by atoms with E-state index in [4.69, 9.17) is 4.52 Å². The second-order valence-electron chi connectivity index (χ2n) is 4.51. The van der Waals surface area contributed by atoms with E-state index in [1.54, 1.807) is 6.92 Å². The van der Waals surface area contributed by atoms with Gasteiger partial charge in [-0.25, -0.2) is 0 Å². The third-order valence-electron chi connectivity index (χ3n) is 2.80. The number of rotatable bonds is 6. The monoisotopic (exact) mass is 312 g/mol. The number of nitrogens with zero attached hydrogens (tertiary/aromatic N) is 1. The molecule has 8 heteroatoms. The van der Waals surface area contributed by atoms with Crippen LogP contribution in [0.4, 0.5) is 8.78 Å². The van der Waals surface area contributed by atoms with Crippen LogP contribution in [0.1, 0.15) is 27.9 Å². The van der Waals surface area contributed by atoms with Crippen molar-refractivity contribution >= 4 is 5.91 Å². The van der Waals surface area contributed by atoms with Crippen LogP contribution >= 0.6 is 0 Å². The predicted octanol–water partition coefficient (Wildman–Crippen LogP) is 2.05. The summed E-state index contributed by atoms with van der Waals surface area (Å²) in [7, 11) is 0. The number of hydrogen-bond acceptors (Lipinski definition) is 5. The van der Waals surface area contributed by atoms with E-state index in [2.05, 4.69) is 15.2 Å². The third-order valence-corrected chi connectivity index (χ3v) is 2.80. The predicted molar refractivity (Wildman–Crippen MR) is 71.6 cm³/mol. The molecule has 1 aromatic heterocycles. The van der Waals surface area contributed by atoms with E-state index in [1.165, 1.54) is 30.3 Å². The van der Waals surface area contributed by atoms with Crippen molar-refractivity contribution in [2.75, 3.05) is 6.54 Å². The van der Waals surface area contributed by atoms with Gasteiger partial charge in [-0.1, -0.05) is 17.3 Å². The molecule has 0 saturated carbocycles. The molecule has 2 N–H and O–H groups in total. The Hall–Kier alpha value is -2.48. The number of alkyl halides is 2. The molecular weight excluding hydrogens is 298 g/mol. The van der Waals surface area contributed by atoms with Crippen LogP contribution in [-0.4, -0.2) is 29.3 Å². The number of aromatic nitrogens is 1. The molecule has 0 aliphatic carbocycles. The molecule has 22 heavy (non-hydrogen) atoms. The van der Waals surface area contributed by atoms with E-state index in [1.807, 2.05) is 0 Å². The molecule has 1 amide bonds. The Morgan fingerprint density at radius 3 is 2.64 bits per heavy atom. The molecule has 0 fully saturated rings. The number of halogens is 2. The number of nitrogens with one attached hydrogen (secondary N) is 1. The molecule has 2 rings (SSSR count). The highest BCUT2D eigenvalue weighted by atomic mass is 19.3. The van der Waals surface area contributed by atoms with Crippen molar-refractivity contribution in [1.82, 2.24) is 10.5 Å². The molecule has 0 aliphatic rings. The van der Waals surface area contributed by atoms with Gasteiger partial charge in [-0.2, -0.15) is 8.78 Å². The fourth-order valence-electron chi connectivity index (χ4n) is 1.74. The molecule has 1 aromatic carbocycles. The summed E-state index contributed by atoms with van der Waals surface area (Å²) in [5.74, 6) is -0.463. The molecule has 0 bridgehead atoms. The normalized spacial score (nSPS) is 12.2. The molecule has 118 valence electrons. The summed E-state index contributed by atoms with van der Waals surface area (Å²) in [5.41, 5.74) is 1.02. The van der Waals surface area contributed by atoms with E-state index < -0.39 is 18.6 Å². The van der Waals surface area contributed by atoms with Gasteiger partial charge in [-0.05, 0) is 24.6 Å². The van der Waals surface area contributed by atoms with E-state index in [9.17, 15) is 18.7 Å². The maximum absolute atomic E-state index is 12.0. The topological polar surface area (TPSA) is 84.6 Å². The lowest BCUT2D eigenvalue weighted by Gasteiger charge is -2.12. The maximum atomic E-state index is 12.0. The van der Waals surface area contributed by atoms with Crippen molar-refractivity contribution in [1.29, 1.82) is 0 Å². The van der Waals surface area contributed by atoms with Gasteiger partial charge in [0.2, 0.25) is 5.76 Å². The molecule has 0 saturated heterocycles. The number of ether oxygens (including phenoxy) is 1. The molecule has 1 atom stereocenters. The number of carbonyl (C=O) groups excluding carboxylic acids is 1. The highest BCUT2D eigenvalue weighted by Gasteiger charge is 2.14. The zero-order valence-electron chi connectivity index (χ0n) is 11.6. The molecule has 1 heterocycles. The second kappa shape index (κ2) is 6.99. The highest BCUT2D eigenvalue weighted by molar-refractivity contribution is 5.91. The zero-order chi connectivity index (χ0) is 16.1. The van der Waals surface area contributed by atoms with Crippen molar-refractivity contribution in [3.63, 3.8) is 0 Å². The van der Waals surface area contributed by atoms with Crippen molar-refractivity contribution in [3.8, 4) is 5.75 Å². The van der Waals surface area contributed by atoms with Gasteiger partial charge < -0.3 is 19.7 Å². The number of benzene rings is 1. The van der Waals surface area contributed by atoms with Crippen LogP contribution in [0.25, 0.3) is 0 Å². The lowest BCUT2D eigenvalue weighted by atomic mass is 10.1. The van der Waals surface area contributed by atoms with Gasteiger partial charge in [-0.3, -0.25) is 4.79 Å². The van der Waals surface area contributed by atoms with E-state index >= 15 is 0 Å². The zero-order valence-corrected chi connectivity index (χ0v) is 11.6. The standard InChI is InChI=1S/C14H14F2N2O4/c1-8-6-12(22-18-8)13(20)17-7-11(19)9-2-4-10(5-3-9)21-14(15)16/h2-6,11,14,19H,7H2,1H3,(H,17,20). The van der Waals surface area contributed by atoms with Crippen molar-refractivity contribution in [2.45, 2.75) is 19.6 Å². The Bertz CT molecular complexity index is 628. The molecule has 0 radical (unpaired) electrons. The summed E-state index contributed by atoms with van der Waals surface area (Å²) in [6, 6.07) is 6.97. The minimum atomic E-state index is -2.90. The van der Waals surface area contributed by atoms with E-state index in [0.717, 1.165) is 0 Å². The largest absolute Gasteiger partial charge is 0.435 e. The van der Waals surface area contributed by atoms with Crippen LogP contribution in [0.15, 0.2) is 34.9 Å². The van der Waals surface area contributed by atoms with Crippen LogP contribution in [0.2, 0.25) is 0 Å². The Balaban J connectivity index is 1.89. The van der Waals surface area contributed by atoms with Crippen molar-refractivity contribution in [3.05, 3.63) is 47.3 Å². The Morgan fingerprint density at radius 2 is 2.09 bits per heavy atom. The quantitative estimate of drug-likeness (QED) is 0.853. The lowest BCUT2D eigenvalue weighted by molar-refractivity contribution is -0.0498. The second-order valence-corrected chi connectivity index (χ2v) is 4.51. The summed E-state index contributed by atoms with van der Waals surface area (Å²) in [6.45, 7) is -1.29. The molecule has 0 spiro atoms. The maximum Gasteiger partial charge on any atom is 0.387 e. The first-order valence-electron chi connectivity index (χ1n) is 6.40. The first-order chi connectivity index (χ1) is 10.5. The summed E-state index contributed by atoms with van der Waals surface area (Å²) >= 11 is 0. The number of carbonyl (C=O) groups is 1. The number of amides is 1. The molecule has 2 aromatic rings. The summed E-state index contributed by atoms with van der Waals surface area (Å²) < 4.78 is 33.0. The number of hydrogen-bond donors (Lipinski definition) is 2. The Morgan fingerprint density at radius 1 is 1.41 bits per heavy atom. The van der Waals surface area contributed by atoms with Crippen LogP contribution < -0.4 is 10.1 Å². The van der Waals surface area contributed by atoms with E-state index in [-0.39, 0.29) is 18.1 Å². The molecule has 1 unspecified atom stereocenters. The fourth-order valence-corrected chi connectivity index (χ4v) is 1.74. The average molecular weight is 312 g/mol. The summed E-state index contributed by atoms with van der Waals surface area (Å²) in [6.07, 6.45) is -0.992. The van der Waals surface area contributed by atoms with Gasteiger partial charge in [0, 0.05) is 12.6 Å². The van der Waals surface area contributed by atoms with Crippen LogP contribution in [0.5, 0.6) is 5.75 Å². The first kappa shape index (κ1) is 15.9. The molecule has 0 aliphatic heterocycles. The van der Waals surface area contributed by atoms with Crippen LogP contribution in [0.3, 0.4) is 0 Å². The summed E-state index contributed by atoms with van der Waals surface area (Å²) in [5, 5.41) is 16.0. The van der Waals surface area contributed by atoms with Crippen molar-refractivity contribution in [2.24, 2.45) is 0 Å². The minimum absolute atomic E-state index is 0.00730. The minimum Gasteiger partial charge on any atom is -0.435 e. The fraction of sp³-hybridized carbons (Fsp3) is 0.286. The van der Waals surface area contributed by atoms with Crippen LogP contribution in [0, 0.1) is 6.92 Å². The molecular formula is C14H14F2N2O4. The van der Waals surface area contributed by atoms with Gasteiger partial charge in [0.05, 0.1) is 11.8 Å². The SMILES string of the molecule is Cc1cc(C(=O)NCC(O)c2ccc(OC(F)F)cc2)on1. The average Bonchev–Trinajstić information content (AvgIpc) is 2.91. The van der Waals surface area contributed by atoms with Gasteiger partial charge in [0.25, 0.3) is 5.91 Å². The van der Waals surface area contributed by atoms with Crippen molar-refractivity contribution < 1.29 is 27.9 Å². The van der Waals surface area contributed by atoms with E-state index in [0.29, 0.717) is 11.3 Å². The third kappa shape index (κ3) is 4.26. The highest BCUT2D eigenvalue weighted by Crippen LogP contribution is 2.19. The smallest absolute Gasteiger partial charge is 0.387 e. The first-order valence-corrected chi connectivity index (χ1v) is 6.40. The van der Waals surface area contributed by atoms with Gasteiger partial charge in [-0.15, -0.1) is 0 Å². The Kier molecular flexibility index (Phi) is 5.05. The van der Waals surface area contributed by atoms with Gasteiger partial charge in [0.1, 0.15) is 5.75 Å². The number of aliphatic hydroxyl groups excluding tert-OH is 1. The van der Waals surface area contributed by atoms with Gasteiger partial charge >= 0.3 is 6.61 Å². The molecule has 6 nitrogen and oxygen atoms in total. The summed E-state index contributed by atoms with van der Waals surface area (Å²) in [4.78, 5) is 11.7. The van der Waals surface area contributed by atoms with Gasteiger partial charge in [0.15, 0.2) is 0 Å².